The summed E-state index contributed by atoms with van der Waals surface area (Å²) in [7, 11) is 0. The maximum atomic E-state index is 11.3. The summed E-state index contributed by atoms with van der Waals surface area (Å²) in [6.07, 6.45) is 8.49. The Morgan fingerprint density at radius 2 is 1.30 bits per heavy atom. The van der Waals surface area contributed by atoms with Crippen LogP contribution in [-0.4, -0.2) is 39.0 Å². The van der Waals surface area contributed by atoms with Crippen molar-refractivity contribution in [2.75, 3.05) is 33.0 Å². The molecule has 4 nitrogen and oxygen atoms in total. The highest BCUT2D eigenvalue weighted by Gasteiger charge is 2.01. The molecule has 0 saturated carbocycles. The van der Waals surface area contributed by atoms with Gasteiger partial charge in [0.15, 0.2) is 0 Å². The molecule has 0 N–H and O–H groups in total. The molecule has 0 radical (unpaired) electrons. The van der Waals surface area contributed by atoms with Crippen molar-refractivity contribution >= 4 is 5.97 Å². The zero-order valence-corrected chi connectivity index (χ0v) is 13.3. The summed E-state index contributed by atoms with van der Waals surface area (Å²) in [6.45, 7) is 7.14. The van der Waals surface area contributed by atoms with E-state index < -0.39 is 0 Å². The Balaban J connectivity index is 3.09. The topological polar surface area (TPSA) is 44.8 Å². The van der Waals surface area contributed by atoms with Gasteiger partial charge in [-0.2, -0.15) is 0 Å². The molecule has 0 saturated heterocycles. The molecule has 0 fully saturated rings. The summed E-state index contributed by atoms with van der Waals surface area (Å²) in [5.74, 6) is -0.111. The molecule has 0 aliphatic rings. The van der Waals surface area contributed by atoms with Crippen LogP contribution in [0.4, 0.5) is 0 Å². The lowest BCUT2D eigenvalue weighted by Crippen LogP contribution is -2.13. The van der Waals surface area contributed by atoms with Gasteiger partial charge in [0, 0.05) is 13.0 Å². The number of carbonyl (C=O) groups is 1. The van der Waals surface area contributed by atoms with Gasteiger partial charge >= 0.3 is 5.97 Å². The Kier molecular flexibility index (Phi) is 15.9. The summed E-state index contributed by atoms with van der Waals surface area (Å²) in [5, 5.41) is 0. The quantitative estimate of drug-likeness (QED) is 0.340. The molecule has 4 heteroatoms. The molecule has 120 valence electrons. The minimum atomic E-state index is -0.111. The second-order valence-electron chi connectivity index (χ2n) is 4.96. The second kappa shape index (κ2) is 16.4. The van der Waals surface area contributed by atoms with Crippen molar-refractivity contribution in [1.82, 2.24) is 0 Å². The fraction of sp³-hybridized carbons (Fsp3) is 0.938. The lowest BCUT2D eigenvalue weighted by Gasteiger charge is -2.07. The van der Waals surface area contributed by atoms with Gasteiger partial charge in [-0.05, 0) is 12.8 Å². The minimum Gasteiger partial charge on any atom is -0.463 e. The summed E-state index contributed by atoms with van der Waals surface area (Å²) >= 11 is 0. The van der Waals surface area contributed by atoms with Crippen LogP contribution in [0.15, 0.2) is 0 Å². The van der Waals surface area contributed by atoms with E-state index in [1.807, 2.05) is 0 Å². The molecule has 0 aromatic rings. The van der Waals surface area contributed by atoms with Crippen molar-refractivity contribution in [3.8, 4) is 0 Å². The molecular formula is C16H32O4. The van der Waals surface area contributed by atoms with Gasteiger partial charge in [0.2, 0.25) is 0 Å². The van der Waals surface area contributed by atoms with E-state index in [9.17, 15) is 4.79 Å². The lowest BCUT2D eigenvalue weighted by atomic mass is 10.2. The largest absolute Gasteiger partial charge is 0.463 e. The number of hydrogen-bond acceptors (Lipinski definition) is 4. The molecule has 20 heavy (non-hydrogen) atoms. The van der Waals surface area contributed by atoms with Gasteiger partial charge in [-0.25, -0.2) is 0 Å². The number of rotatable bonds is 15. The Labute approximate surface area is 124 Å². The van der Waals surface area contributed by atoms with Crippen LogP contribution in [-0.2, 0) is 19.0 Å². The average Bonchev–Trinajstić information content (AvgIpc) is 2.45. The van der Waals surface area contributed by atoms with Crippen LogP contribution in [0.2, 0.25) is 0 Å². The van der Waals surface area contributed by atoms with Crippen molar-refractivity contribution in [3.05, 3.63) is 0 Å². The van der Waals surface area contributed by atoms with Crippen LogP contribution in [0.5, 0.6) is 0 Å². The van der Waals surface area contributed by atoms with E-state index in [1.54, 1.807) is 0 Å². The minimum absolute atomic E-state index is 0.111. The SMILES string of the molecule is CCCCCCC(=O)OCCOCCOCCCCC. The molecule has 0 rings (SSSR count). The van der Waals surface area contributed by atoms with Gasteiger partial charge < -0.3 is 14.2 Å². The van der Waals surface area contributed by atoms with Gasteiger partial charge in [0.05, 0.1) is 19.8 Å². The van der Waals surface area contributed by atoms with E-state index in [1.165, 1.54) is 25.7 Å². The summed E-state index contributed by atoms with van der Waals surface area (Å²) in [4.78, 5) is 11.3. The van der Waals surface area contributed by atoms with Crippen molar-refractivity contribution in [2.24, 2.45) is 0 Å². The van der Waals surface area contributed by atoms with Crippen molar-refractivity contribution in [1.29, 1.82) is 0 Å². The predicted molar refractivity (Wildman–Crippen MR) is 80.9 cm³/mol. The molecule has 0 spiro atoms. The molecular weight excluding hydrogens is 256 g/mol. The van der Waals surface area contributed by atoms with Crippen molar-refractivity contribution < 1.29 is 19.0 Å². The zero-order chi connectivity index (χ0) is 14.9. The molecule has 0 aliphatic carbocycles. The smallest absolute Gasteiger partial charge is 0.305 e. The van der Waals surface area contributed by atoms with E-state index in [2.05, 4.69) is 13.8 Å². The first-order chi connectivity index (χ1) is 9.81. The highest BCUT2D eigenvalue weighted by molar-refractivity contribution is 5.69. The first-order valence-corrected chi connectivity index (χ1v) is 8.12. The summed E-state index contributed by atoms with van der Waals surface area (Å²) < 4.78 is 15.8. The zero-order valence-electron chi connectivity index (χ0n) is 13.3. The highest BCUT2D eigenvalue weighted by atomic mass is 16.6. The molecule has 0 heterocycles. The number of carbonyl (C=O) groups excluding carboxylic acids is 1. The first-order valence-electron chi connectivity index (χ1n) is 8.12. The monoisotopic (exact) mass is 288 g/mol. The normalized spacial score (nSPS) is 10.7. The molecule has 0 atom stereocenters. The highest BCUT2D eigenvalue weighted by Crippen LogP contribution is 2.03. The van der Waals surface area contributed by atoms with Crippen LogP contribution >= 0.6 is 0 Å². The number of ether oxygens (including phenoxy) is 3. The molecule has 0 unspecified atom stereocenters. The van der Waals surface area contributed by atoms with Crippen molar-refractivity contribution in [2.45, 2.75) is 65.2 Å². The summed E-state index contributed by atoms with van der Waals surface area (Å²) in [5.41, 5.74) is 0. The van der Waals surface area contributed by atoms with Crippen LogP contribution < -0.4 is 0 Å². The first kappa shape index (κ1) is 19.4. The molecule has 0 bridgehead atoms. The Bertz CT molecular complexity index is 207. The molecule has 0 aromatic carbocycles. The van der Waals surface area contributed by atoms with E-state index in [0.29, 0.717) is 32.8 Å². The van der Waals surface area contributed by atoms with Gasteiger partial charge in [0.1, 0.15) is 6.61 Å². The van der Waals surface area contributed by atoms with E-state index in [0.717, 1.165) is 25.9 Å². The molecule has 0 aliphatic heterocycles. The second-order valence-corrected chi connectivity index (χ2v) is 4.96. The van der Waals surface area contributed by atoms with E-state index in [4.69, 9.17) is 14.2 Å². The third kappa shape index (κ3) is 15.4. The predicted octanol–water partition coefficient (Wildman–Crippen LogP) is 3.72. The Morgan fingerprint density at radius 3 is 2.00 bits per heavy atom. The van der Waals surface area contributed by atoms with Gasteiger partial charge in [-0.3, -0.25) is 4.79 Å². The van der Waals surface area contributed by atoms with Gasteiger partial charge in [0.25, 0.3) is 0 Å². The number of unbranched alkanes of at least 4 members (excludes halogenated alkanes) is 5. The van der Waals surface area contributed by atoms with E-state index >= 15 is 0 Å². The van der Waals surface area contributed by atoms with Crippen LogP contribution in [0.1, 0.15) is 65.2 Å². The van der Waals surface area contributed by atoms with Crippen LogP contribution in [0.3, 0.4) is 0 Å². The van der Waals surface area contributed by atoms with Crippen LogP contribution in [0, 0.1) is 0 Å². The van der Waals surface area contributed by atoms with Gasteiger partial charge in [-0.1, -0.05) is 46.0 Å². The van der Waals surface area contributed by atoms with E-state index in [-0.39, 0.29) is 5.97 Å². The maximum Gasteiger partial charge on any atom is 0.305 e. The Hall–Kier alpha value is -0.610. The number of hydrogen-bond donors (Lipinski definition) is 0. The third-order valence-electron chi connectivity index (χ3n) is 2.99. The maximum absolute atomic E-state index is 11.3. The summed E-state index contributed by atoms with van der Waals surface area (Å²) in [6, 6.07) is 0. The fourth-order valence-corrected chi connectivity index (χ4v) is 1.76. The van der Waals surface area contributed by atoms with Crippen LogP contribution in [0.25, 0.3) is 0 Å². The molecule has 0 aromatic heterocycles. The standard InChI is InChI=1S/C16H32O4/c1-3-5-7-8-10-16(17)20-15-14-19-13-12-18-11-9-6-4-2/h3-15H2,1-2H3. The molecule has 0 amide bonds. The number of esters is 1. The lowest BCUT2D eigenvalue weighted by molar-refractivity contribution is -0.145. The van der Waals surface area contributed by atoms with Gasteiger partial charge in [-0.15, -0.1) is 0 Å². The Morgan fingerprint density at radius 1 is 0.700 bits per heavy atom. The average molecular weight is 288 g/mol. The van der Waals surface area contributed by atoms with Crippen molar-refractivity contribution in [3.63, 3.8) is 0 Å². The third-order valence-corrected chi connectivity index (χ3v) is 2.99. The fourth-order valence-electron chi connectivity index (χ4n) is 1.76.